The minimum atomic E-state index is -0.0321. The van der Waals surface area contributed by atoms with Crippen molar-refractivity contribution < 1.29 is 0 Å². The lowest BCUT2D eigenvalue weighted by molar-refractivity contribution is 0.655. The van der Waals surface area contributed by atoms with Crippen molar-refractivity contribution in [3.05, 3.63) is 125 Å². The molecular formula is C37H31N. The van der Waals surface area contributed by atoms with Gasteiger partial charge in [0.25, 0.3) is 0 Å². The maximum atomic E-state index is 2.50. The highest BCUT2D eigenvalue weighted by molar-refractivity contribution is 6.11. The maximum Gasteiger partial charge on any atom is 0.0544 e. The van der Waals surface area contributed by atoms with Gasteiger partial charge >= 0.3 is 0 Å². The van der Waals surface area contributed by atoms with E-state index in [0.717, 1.165) is 0 Å². The Kier molecular flexibility index (Phi) is 4.07. The van der Waals surface area contributed by atoms with Gasteiger partial charge in [0, 0.05) is 27.3 Å². The van der Waals surface area contributed by atoms with Crippen LogP contribution in [0.5, 0.6) is 0 Å². The maximum absolute atomic E-state index is 2.50. The molecule has 38 heavy (non-hydrogen) atoms. The first-order valence-electron chi connectivity index (χ1n) is 13.7. The van der Waals surface area contributed by atoms with Crippen LogP contribution >= 0.6 is 0 Å². The molecule has 0 radical (unpaired) electrons. The van der Waals surface area contributed by atoms with Crippen LogP contribution in [-0.4, -0.2) is 4.57 Å². The second-order valence-electron chi connectivity index (χ2n) is 12.3. The minimum Gasteiger partial charge on any atom is -0.309 e. The molecule has 0 saturated heterocycles. The molecular weight excluding hydrogens is 458 g/mol. The van der Waals surface area contributed by atoms with Crippen LogP contribution in [0.15, 0.2) is 97.1 Å². The van der Waals surface area contributed by atoms with Crippen molar-refractivity contribution >= 4 is 21.8 Å². The molecule has 1 heteroatoms. The van der Waals surface area contributed by atoms with Crippen LogP contribution in [0.4, 0.5) is 0 Å². The fourth-order valence-electron chi connectivity index (χ4n) is 7.72. The standard InChI is InChI=1S/C37H31N/c1-22-11-10-14-27-25-18-17-23(19-31(25)37(4,5)35(22)27)38-33-16-9-7-13-26(33)29-20-28-24-12-6-8-15-30(24)36(2,3)32(28)21-34(29)38/h6-21H,1-5H3. The minimum absolute atomic E-state index is 0.0273. The summed E-state index contributed by atoms with van der Waals surface area (Å²) in [6.07, 6.45) is 0. The summed E-state index contributed by atoms with van der Waals surface area (Å²) >= 11 is 0. The number of benzene rings is 5. The van der Waals surface area contributed by atoms with Crippen molar-refractivity contribution in [2.75, 3.05) is 0 Å². The smallest absolute Gasteiger partial charge is 0.0544 e. The average molecular weight is 490 g/mol. The number of nitrogens with zero attached hydrogens (tertiary/aromatic N) is 1. The molecule has 0 fully saturated rings. The third kappa shape index (κ3) is 2.57. The van der Waals surface area contributed by atoms with Gasteiger partial charge in [0.15, 0.2) is 0 Å². The highest BCUT2D eigenvalue weighted by Crippen LogP contribution is 2.52. The summed E-state index contributed by atoms with van der Waals surface area (Å²) in [4.78, 5) is 0. The summed E-state index contributed by atoms with van der Waals surface area (Å²) in [5, 5.41) is 2.64. The number of rotatable bonds is 1. The van der Waals surface area contributed by atoms with Crippen LogP contribution in [-0.2, 0) is 10.8 Å². The Bertz CT molecular complexity index is 1980. The summed E-state index contributed by atoms with van der Waals surface area (Å²) in [6, 6.07) is 36.6. The molecule has 2 aliphatic carbocycles. The van der Waals surface area contributed by atoms with E-state index in [9.17, 15) is 0 Å². The zero-order valence-electron chi connectivity index (χ0n) is 22.7. The largest absolute Gasteiger partial charge is 0.309 e. The van der Waals surface area contributed by atoms with E-state index in [1.54, 1.807) is 0 Å². The fraction of sp³-hybridized carbons (Fsp3) is 0.189. The van der Waals surface area contributed by atoms with Gasteiger partial charge in [0.05, 0.1) is 11.0 Å². The molecule has 0 N–H and O–H groups in total. The quantitative estimate of drug-likeness (QED) is 0.217. The summed E-state index contributed by atoms with van der Waals surface area (Å²) in [5.74, 6) is 0. The second kappa shape index (κ2) is 7.05. The molecule has 8 rings (SSSR count). The molecule has 6 aromatic rings. The highest BCUT2D eigenvalue weighted by atomic mass is 15.0. The SMILES string of the molecule is Cc1cccc2c1C(C)(C)c1cc(-n3c4ccccc4c4cc5c(cc43)C(C)(C)c3ccccc3-5)ccc1-2. The molecule has 2 aliphatic rings. The predicted molar refractivity (Wildman–Crippen MR) is 161 cm³/mol. The van der Waals surface area contributed by atoms with Gasteiger partial charge in [-0.15, -0.1) is 0 Å². The number of aromatic nitrogens is 1. The van der Waals surface area contributed by atoms with Crippen LogP contribution in [0.1, 0.15) is 55.5 Å². The number of aryl methyl sites for hydroxylation is 1. The Hall–Kier alpha value is -4.10. The van der Waals surface area contributed by atoms with E-state index in [-0.39, 0.29) is 10.8 Å². The molecule has 0 saturated carbocycles. The van der Waals surface area contributed by atoms with E-state index in [4.69, 9.17) is 0 Å². The van der Waals surface area contributed by atoms with Crippen molar-refractivity contribution in [1.82, 2.24) is 4.57 Å². The number of fused-ring (bicyclic) bond motifs is 9. The van der Waals surface area contributed by atoms with E-state index in [0.29, 0.717) is 0 Å². The third-order valence-electron chi connectivity index (χ3n) is 9.50. The molecule has 1 nitrogen and oxygen atoms in total. The molecule has 0 bridgehead atoms. The molecule has 0 unspecified atom stereocenters. The Morgan fingerprint density at radius 2 is 1.21 bits per heavy atom. The van der Waals surface area contributed by atoms with E-state index < -0.39 is 0 Å². The van der Waals surface area contributed by atoms with Gasteiger partial charge in [-0.3, -0.25) is 0 Å². The van der Waals surface area contributed by atoms with Crippen molar-refractivity contribution in [1.29, 1.82) is 0 Å². The third-order valence-corrected chi connectivity index (χ3v) is 9.50. The van der Waals surface area contributed by atoms with Crippen LogP contribution in [0, 0.1) is 6.92 Å². The Morgan fingerprint density at radius 1 is 0.500 bits per heavy atom. The molecule has 0 spiro atoms. The van der Waals surface area contributed by atoms with Gasteiger partial charge in [0.1, 0.15) is 0 Å². The molecule has 1 aromatic heterocycles. The molecule has 1 heterocycles. The lowest BCUT2D eigenvalue weighted by atomic mass is 9.80. The van der Waals surface area contributed by atoms with Crippen LogP contribution in [0.3, 0.4) is 0 Å². The van der Waals surface area contributed by atoms with Crippen LogP contribution in [0.25, 0.3) is 49.7 Å². The molecule has 5 aromatic carbocycles. The fourth-order valence-corrected chi connectivity index (χ4v) is 7.72. The van der Waals surface area contributed by atoms with Gasteiger partial charge < -0.3 is 4.57 Å². The first-order chi connectivity index (χ1) is 18.3. The summed E-state index contributed by atoms with van der Waals surface area (Å²) in [5.41, 5.74) is 16.3. The van der Waals surface area contributed by atoms with Crippen molar-refractivity contribution in [2.24, 2.45) is 0 Å². The highest BCUT2D eigenvalue weighted by Gasteiger charge is 2.38. The second-order valence-corrected chi connectivity index (χ2v) is 12.3. The Balaban J connectivity index is 1.43. The van der Waals surface area contributed by atoms with Crippen molar-refractivity contribution in [3.8, 4) is 27.9 Å². The first-order valence-corrected chi connectivity index (χ1v) is 13.7. The number of hydrogen-bond acceptors (Lipinski definition) is 0. The van der Waals surface area contributed by atoms with Gasteiger partial charge in [0.2, 0.25) is 0 Å². The Labute approximate surface area is 224 Å². The lowest BCUT2D eigenvalue weighted by Crippen LogP contribution is -2.17. The summed E-state index contributed by atoms with van der Waals surface area (Å²) in [7, 11) is 0. The summed E-state index contributed by atoms with van der Waals surface area (Å²) in [6.45, 7) is 11.8. The van der Waals surface area contributed by atoms with Gasteiger partial charge in [-0.2, -0.15) is 0 Å². The monoisotopic (exact) mass is 489 g/mol. The van der Waals surface area contributed by atoms with Crippen LogP contribution in [0.2, 0.25) is 0 Å². The van der Waals surface area contributed by atoms with E-state index in [2.05, 4.69) is 136 Å². The van der Waals surface area contributed by atoms with Gasteiger partial charge in [-0.1, -0.05) is 94.4 Å². The van der Waals surface area contributed by atoms with E-state index in [1.807, 2.05) is 0 Å². The zero-order chi connectivity index (χ0) is 26.0. The van der Waals surface area contributed by atoms with Crippen LogP contribution < -0.4 is 0 Å². The molecule has 0 aliphatic heterocycles. The van der Waals surface area contributed by atoms with Crippen molar-refractivity contribution in [2.45, 2.75) is 45.4 Å². The molecule has 0 amide bonds. The molecule has 0 atom stereocenters. The number of para-hydroxylation sites is 1. The number of hydrogen-bond donors (Lipinski definition) is 0. The van der Waals surface area contributed by atoms with Crippen molar-refractivity contribution in [3.63, 3.8) is 0 Å². The summed E-state index contributed by atoms with van der Waals surface area (Å²) < 4.78 is 2.50. The normalized spacial score (nSPS) is 15.9. The Morgan fingerprint density at radius 3 is 2.08 bits per heavy atom. The average Bonchev–Trinajstić information content (AvgIpc) is 3.45. The predicted octanol–water partition coefficient (Wildman–Crippen LogP) is 9.70. The van der Waals surface area contributed by atoms with Gasteiger partial charge in [-0.05, 0) is 87.3 Å². The topological polar surface area (TPSA) is 4.93 Å². The van der Waals surface area contributed by atoms with Gasteiger partial charge in [-0.25, -0.2) is 0 Å². The van der Waals surface area contributed by atoms with E-state index in [1.165, 1.54) is 77.6 Å². The first kappa shape index (κ1) is 21.9. The lowest BCUT2D eigenvalue weighted by Gasteiger charge is -2.24. The zero-order valence-corrected chi connectivity index (χ0v) is 22.7. The van der Waals surface area contributed by atoms with E-state index >= 15 is 0 Å². The molecule has 184 valence electrons.